The van der Waals surface area contributed by atoms with E-state index < -0.39 is 23.8 Å². The van der Waals surface area contributed by atoms with Gasteiger partial charge in [0.1, 0.15) is 5.75 Å². The van der Waals surface area contributed by atoms with E-state index in [0.29, 0.717) is 48.2 Å². The van der Waals surface area contributed by atoms with Crippen LogP contribution in [0.3, 0.4) is 0 Å². The van der Waals surface area contributed by atoms with Crippen molar-refractivity contribution in [3.05, 3.63) is 29.3 Å². The molecule has 1 aromatic carbocycles. The van der Waals surface area contributed by atoms with Crippen LogP contribution in [0.4, 0.5) is 0 Å². The number of ether oxygens (including phenoxy) is 1. The van der Waals surface area contributed by atoms with Gasteiger partial charge in [-0.3, -0.25) is 9.59 Å². The van der Waals surface area contributed by atoms with Gasteiger partial charge in [-0.25, -0.2) is 0 Å². The van der Waals surface area contributed by atoms with Crippen LogP contribution in [0.15, 0.2) is 18.2 Å². The highest BCUT2D eigenvalue weighted by Gasteiger charge is 2.29. The second kappa shape index (κ2) is 13.3. The second-order valence-electron chi connectivity index (χ2n) is 9.07. The normalized spacial score (nSPS) is 13.4. The lowest BCUT2D eigenvalue weighted by Gasteiger charge is -2.23. The van der Waals surface area contributed by atoms with Crippen LogP contribution in [0.25, 0.3) is 0 Å². The van der Waals surface area contributed by atoms with Crippen LogP contribution in [0.2, 0.25) is 0 Å². The molecule has 0 fully saturated rings. The molecule has 1 aromatic rings. The average Bonchev–Trinajstić information content (AvgIpc) is 2.66. The maximum absolute atomic E-state index is 12.2. The van der Waals surface area contributed by atoms with Crippen molar-refractivity contribution in [1.82, 2.24) is 0 Å². The molecule has 0 aromatic heterocycles. The van der Waals surface area contributed by atoms with Gasteiger partial charge < -0.3 is 14.9 Å². The summed E-state index contributed by atoms with van der Waals surface area (Å²) in [7, 11) is 0. The van der Waals surface area contributed by atoms with E-state index in [2.05, 4.69) is 27.7 Å². The molecule has 5 heteroatoms. The molecule has 2 N–H and O–H groups in total. The first-order valence-electron chi connectivity index (χ1n) is 11.4. The van der Waals surface area contributed by atoms with E-state index >= 15 is 0 Å². The zero-order valence-corrected chi connectivity index (χ0v) is 19.3. The summed E-state index contributed by atoms with van der Waals surface area (Å²) in [6.07, 6.45) is 5.34. The monoisotopic (exact) mass is 420 g/mol. The molecule has 0 radical (unpaired) electrons. The SMILES string of the molecule is CCCOc1ccc(C(CCCC(C)C)C(=O)O)c(C(CCCC(C)C)C(=O)O)c1. The smallest absolute Gasteiger partial charge is 0.310 e. The predicted molar refractivity (Wildman–Crippen MR) is 120 cm³/mol. The van der Waals surface area contributed by atoms with Gasteiger partial charge in [0.15, 0.2) is 0 Å². The van der Waals surface area contributed by atoms with Crippen LogP contribution in [-0.2, 0) is 9.59 Å². The molecule has 0 aliphatic heterocycles. The van der Waals surface area contributed by atoms with Crippen molar-refractivity contribution in [1.29, 1.82) is 0 Å². The number of carboxylic acid groups (broad SMARTS) is 2. The highest BCUT2D eigenvalue weighted by Crippen LogP contribution is 2.36. The van der Waals surface area contributed by atoms with E-state index in [1.165, 1.54) is 0 Å². The fourth-order valence-corrected chi connectivity index (χ4v) is 3.77. The minimum Gasteiger partial charge on any atom is -0.494 e. The van der Waals surface area contributed by atoms with Gasteiger partial charge in [-0.2, -0.15) is 0 Å². The summed E-state index contributed by atoms with van der Waals surface area (Å²) in [6, 6.07) is 5.31. The van der Waals surface area contributed by atoms with Crippen LogP contribution >= 0.6 is 0 Å². The molecule has 0 amide bonds. The quantitative estimate of drug-likeness (QED) is 0.340. The highest BCUT2D eigenvalue weighted by molar-refractivity contribution is 5.81. The van der Waals surface area contributed by atoms with Crippen LogP contribution in [0.1, 0.15) is 103 Å². The number of benzene rings is 1. The fraction of sp³-hybridized carbons (Fsp3) is 0.680. The molecule has 0 saturated heterocycles. The van der Waals surface area contributed by atoms with Crippen molar-refractivity contribution in [3.8, 4) is 5.75 Å². The third kappa shape index (κ3) is 8.76. The highest BCUT2D eigenvalue weighted by atomic mass is 16.5. The number of rotatable bonds is 15. The van der Waals surface area contributed by atoms with Gasteiger partial charge in [0, 0.05) is 0 Å². The first kappa shape index (κ1) is 26.0. The van der Waals surface area contributed by atoms with E-state index in [-0.39, 0.29) is 0 Å². The Bertz CT molecular complexity index is 666. The van der Waals surface area contributed by atoms with Crippen molar-refractivity contribution < 1.29 is 24.5 Å². The van der Waals surface area contributed by atoms with Crippen molar-refractivity contribution in [3.63, 3.8) is 0 Å². The Kier molecular flexibility index (Phi) is 11.5. The van der Waals surface area contributed by atoms with Gasteiger partial charge in [-0.1, -0.05) is 66.4 Å². The Morgan fingerprint density at radius 2 is 1.33 bits per heavy atom. The molecule has 0 aliphatic carbocycles. The molecule has 170 valence electrons. The number of hydrogen-bond donors (Lipinski definition) is 2. The first-order chi connectivity index (χ1) is 14.2. The summed E-state index contributed by atoms with van der Waals surface area (Å²) in [4.78, 5) is 24.3. The van der Waals surface area contributed by atoms with E-state index in [9.17, 15) is 19.8 Å². The van der Waals surface area contributed by atoms with Crippen molar-refractivity contribution in [2.24, 2.45) is 11.8 Å². The largest absolute Gasteiger partial charge is 0.494 e. The number of carbonyl (C=O) groups is 2. The van der Waals surface area contributed by atoms with E-state index in [4.69, 9.17) is 4.74 Å². The summed E-state index contributed by atoms with van der Waals surface area (Å²) in [5.74, 6) is -1.61. The fourth-order valence-electron chi connectivity index (χ4n) is 3.77. The van der Waals surface area contributed by atoms with E-state index in [0.717, 1.165) is 32.1 Å². The maximum Gasteiger partial charge on any atom is 0.310 e. The minimum absolute atomic E-state index is 0.496. The molecule has 2 atom stereocenters. The van der Waals surface area contributed by atoms with Crippen molar-refractivity contribution in [2.75, 3.05) is 6.61 Å². The van der Waals surface area contributed by atoms with E-state index in [1.807, 2.05) is 6.92 Å². The van der Waals surface area contributed by atoms with Crippen LogP contribution in [0, 0.1) is 11.8 Å². The van der Waals surface area contributed by atoms with Gasteiger partial charge in [-0.15, -0.1) is 0 Å². The Morgan fingerprint density at radius 1 is 0.833 bits per heavy atom. The Morgan fingerprint density at radius 3 is 1.77 bits per heavy atom. The van der Waals surface area contributed by atoms with Gasteiger partial charge in [0.2, 0.25) is 0 Å². The van der Waals surface area contributed by atoms with E-state index in [1.54, 1.807) is 18.2 Å². The molecule has 0 heterocycles. The molecule has 1 rings (SSSR count). The summed E-state index contributed by atoms with van der Waals surface area (Å²) in [5.41, 5.74) is 1.21. The van der Waals surface area contributed by atoms with Crippen LogP contribution in [0.5, 0.6) is 5.75 Å². The molecule has 0 spiro atoms. The number of hydrogen-bond acceptors (Lipinski definition) is 3. The van der Waals surface area contributed by atoms with Crippen molar-refractivity contribution in [2.45, 2.75) is 91.4 Å². The predicted octanol–water partition coefficient (Wildman–Crippen LogP) is 6.46. The molecule has 5 nitrogen and oxygen atoms in total. The van der Waals surface area contributed by atoms with Gasteiger partial charge >= 0.3 is 11.9 Å². The van der Waals surface area contributed by atoms with Crippen LogP contribution < -0.4 is 4.74 Å². The molecular formula is C25H40O5. The third-order valence-corrected chi connectivity index (χ3v) is 5.43. The number of carboxylic acids is 2. The molecule has 2 unspecified atom stereocenters. The maximum atomic E-state index is 12.2. The number of aliphatic carboxylic acids is 2. The molecule has 0 aliphatic rings. The van der Waals surface area contributed by atoms with Crippen molar-refractivity contribution >= 4 is 11.9 Å². The lowest BCUT2D eigenvalue weighted by molar-refractivity contribution is -0.140. The average molecular weight is 421 g/mol. The first-order valence-corrected chi connectivity index (χ1v) is 11.4. The van der Waals surface area contributed by atoms with Crippen LogP contribution in [-0.4, -0.2) is 28.8 Å². The summed E-state index contributed by atoms with van der Waals surface area (Å²) >= 11 is 0. The Balaban J connectivity index is 3.29. The third-order valence-electron chi connectivity index (χ3n) is 5.43. The standard InChI is InChI=1S/C25H40O5/c1-6-15-30-19-13-14-20(21(24(26)27)11-7-9-17(2)3)23(16-19)22(25(28)29)12-8-10-18(4)5/h13-14,16-18,21-22H,6-12,15H2,1-5H3,(H,26,27)(H,28,29). The lowest BCUT2D eigenvalue weighted by Crippen LogP contribution is -2.19. The lowest BCUT2D eigenvalue weighted by atomic mass is 9.82. The second-order valence-corrected chi connectivity index (χ2v) is 9.07. The molecule has 30 heavy (non-hydrogen) atoms. The summed E-state index contributed by atoms with van der Waals surface area (Å²) in [6.45, 7) is 11.0. The van der Waals surface area contributed by atoms with Gasteiger partial charge in [0.25, 0.3) is 0 Å². The zero-order chi connectivity index (χ0) is 22.7. The Labute approximate surface area is 181 Å². The molecule has 0 bridgehead atoms. The summed E-state index contributed by atoms with van der Waals surface area (Å²) in [5, 5.41) is 19.9. The van der Waals surface area contributed by atoms with Gasteiger partial charge in [0.05, 0.1) is 18.4 Å². The topological polar surface area (TPSA) is 83.8 Å². The zero-order valence-electron chi connectivity index (χ0n) is 19.3. The molecular weight excluding hydrogens is 380 g/mol. The van der Waals surface area contributed by atoms with Gasteiger partial charge in [-0.05, 0) is 54.4 Å². The summed E-state index contributed by atoms with van der Waals surface area (Å²) < 4.78 is 5.74. The Hall–Kier alpha value is -2.04. The minimum atomic E-state index is -0.904. The molecule has 0 saturated carbocycles.